The zero-order valence-electron chi connectivity index (χ0n) is 35.7. The molecule has 0 N–H and O–H groups in total. The summed E-state index contributed by atoms with van der Waals surface area (Å²) >= 11 is 0. The summed E-state index contributed by atoms with van der Waals surface area (Å²) in [6.07, 6.45) is 7.03. The van der Waals surface area contributed by atoms with E-state index >= 15 is 0 Å². The normalized spacial score (nSPS) is 16.4. The van der Waals surface area contributed by atoms with E-state index in [0.29, 0.717) is 5.92 Å². The molecule has 2 aromatic heterocycles. The number of anilines is 3. The molecule has 0 radical (unpaired) electrons. The van der Waals surface area contributed by atoms with Crippen molar-refractivity contribution < 1.29 is 4.42 Å². The average molecular weight is 821 g/mol. The minimum Gasteiger partial charge on any atom is -0.455 e. The lowest BCUT2D eigenvalue weighted by molar-refractivity contribution is 0.382. The van der Waals surface area contributed by atoms with E-state index in [9.17, 15) is 0 Å². The van der Waals surface area contributed by atoms with Crippen LogP contribution in [0.2, 0.25) is 0 Å². The van der Waals surface area contributed by atoms with Crippen molar-refractivity contribution in [2.24, 2.45) is 5.92 Å². The highest BCUT2D eigenvalue weighted by molar-refractivity contribution is 6.18. The van der Waals surface area contributed by atoms with Gasteiger partial charge in [0, 0.05) is 55.6 Å². The minimum atomic E-state index is -0.00723. The van der Waals surface area contributed by atoms with E-state index in [-0.39, 0.29) is 11.3 Å². The summed E-state index contributed by atoms with van der Waals surface area (Å²) in [7, 11) is 0. The molecule has 0 fully saturated rings. The number of allylic oxidation sites excluding steroid dienone is 4. The Labute approximate surface area is 372 Å². The predicted molar refractivity (Wildman–Crippen MR) is 268 cm³/mol. The van der Waals surface area contributed by atoms with E-state index in [1.807, 2.05) is 0 Å². The van der Waals surface area contributed by atoms with E-state index in [2.05, 4.69) is 242 Å². The summed E-state index contributed by atoms with van der Waals surface area (Å²) in [6.45, 7) is 4.85. The molecule has 0 saturated heterocycles. The van der Waals surface area contributed by atoms with Gasteiger partial charge in [0.1, 0.15) is 11.2 Å². The molecule has 0 amide bonds. The van der Waals surface area contributed by atoms with Crippen molar-refractivity contribution in [1.82, 2.24) is 4.57 Å². The largest absolute Gasteiger partial charge is 0.455 e. The Bertz CT molecular complexity index is 3670. The predicted octanol–water partition coefficient (Wildman–Crippen LogP) is 16.6. The summed E-state index contributed by atoms with van der Waals surface area (Å²) in [5.41, 5.74) is 16.2. The van der Waals surface area contributed by atoms with Crippen LogP contribution in [0, 0.1) is 5.92 Å². The van der Waals surface area contributed by atoms with E-state index in [0.717, 1.165) is 61.2 Å². The lowest BCUT2D eigenvalue weighted by atomic mass is 9.67. The Morgan fingerprint density at radius 2 is 1.09 bits per heavy atom. The Hall–Kier alpha value is -7.88. The minimum absolute atomic E-state index is 0.00723. The van der Waals surface area contributed by atoms with Crippen molar-refractivity contribution in [1.29, 1.82) is 0 Å². The van der Waals surface area contributed by atoms with Crippen molar-refractivity contribution in [3.63, 3.8) is 0 Å². The molecule has 11 aromatic rings. The van der Waals surface area contributed by atoms with Crippen LogP contribution in [0.15, 0.2) is 223 Å². The molecule has 3 nitrogen and oxygen atoms in total. The van der Waals surface area contributed by atoms with Gasteiger partial charge in [-0.1, -0.05) is 184 Å². The van der Waals surface area contributed by atoms with Gasteiger partial charge in [0.2, 0.25) is 0 Å². The van der Waals surface area contributed by atoms with Crippen molar-refractivity contribution in [2.45, 2.75) is 25.2 Å². The van der Waals surface area contributed by atoms with Gasteiger partial charge in [0.05, 0.1) is 28.1 Å². The molecule has 3 heteroatoms. The molecular weight excluding hydrogens is 777 g/mol. The molecule has 0 aliphatic heterocycles. The Balaban J connectivity index is 1.02. The standard InChI is InChI=1S/C61H44N2O/c1-61(2)52-27-9-5-19-44(52)48-24-15-23-42(58(48)61)40-33-36-41(37-34-40)62(56-31-13-14-32-57(56)63-54-29-11-6-20-45(54)46-21-7-12-30-55(46)63)53-28-10-8-22-47(53)49-25-16-26-50-51-38-35-39-17-3-4-18-43(39)59(51)64-60(49)50/h3-38,42,58H,1-2H3. The number of rotatable bonds is 6. The zero-order valence-corrected chi connectivity index (χ0v) is 35.7. The first kappa shape index (κ1) is 36.7. The van der Waals surface area contributed by atoms with Gasteiger partial charge in [0.15, 0.2) is 0 Å². The van der Waals surface area contributed by atoms with Crippen molar-refractivity contribution in [3.05, 3.63) is 235 Å². The first-order valence-corrected chi connectivity index (χ1v) is 22.4. The smallest absolute Gasteiger partial charge is 0.143 e. The zero-order chi connectivity index (χ0) is 42.5. The fourth-order valence-electron chi connectivity index (χ4n) is 11.5. The highest BCUT2D eigenvalue weighted by atomic mass is 16.3. The fraction of sp³-hybridized carbons (Fsp3) is 0.0820. The van der Waals surface area contributed by atoms with Gasteiger partial charge >= 0.3 is 0 Å². The van der Waals surface area contributed by atoms with Gasteiger partial charge in [-0.15, -0.1) is 0 Å². The van der Waals surface area contributed by atoms with E-state index in [1.165, 1.54) is 49.5 Å². The number of para-hydroxylation sites is 6. The number of furan rings is 1. The summed E-state index contributed by atoms with van der Waals surface area (Å²) in [5, 5.41) is 7.00. The van der Waals surface area contributed by atoms with Crippen molar-refractivity contribution in [2.75, 3.05) is 4.90 Å². The number of fused-ring (bicyclic) bond motifs is 11. The molecule has 2 unspecified atom stereocenters. The molecule has 2 aliphatic carbocycles. The summed E-state index contributed by atoms with van der Waals surface area (Å²) in [6, 6.07) is 73.2. The number of hydrogen-bond donors (Lipinski definition) is 0. The van der Waals surface area contributed by atoms with Crippen molar-refractivity contribution in [3.8, 4) is 16.8 Å². The summed E-state index contributed by atoms with van der Waals surface area (Å²) in [5.74, 6) is 0.582. The lowest BCUT2D eigenvalue weighted by Crippen LogP contribution is -2.29. The number of nitrogens with zero attached hydrogens (tertiary/aromatic N) is 2. The third kappa shape index (κ3) is 5.34. The molecule has 13 rings (SSSR count). The van der Waals surface area contributed by atoms with E-state index < -0.39 is 0 Å². The maximum atomic E-state index is 7.00. The first-order chi connectivity index (χ1) is 31.5. The SMILES string of the molecule is CC1(C)c2ccccc2C2=CC=CC(c3ccc(N(c4ccccc4-c4cccc5c4oc4c6ccccc6ccc54)c4ccccc4-n4c5ccccc5c5ccccc54)cc3)C21. The van der Waals surface area contributed by atoms with Gasteiger partial charge in [0.25, 0.3) is 0 Å². The van der Waals surface area contributed by atoms with Crippen LogP contribution in [-0.4, -0.2) is 4.57 Å². The van der Waals surface area contributed by atoms with Gasteiger partial charge < -0.3 is 13.9 Å². The number of aromatic nitrogens is 1. The molecule has 2 atom stereocenters. The van der Waals surface area contributed by atoms with E-state index in [1.54, 1.807) is 0 Å². The summed E-state index contributed by atoms with van der Waals surface area (Å²) < 4.78 is 9.44. The topological polar surface area (TPSA) is 21.3 Å². The van der Waals surface area contributed by atoms with Gasteiger partial charge in [-0.05, 0) is 81.6 Å². The van der Waals surface area contributed by atoms with Crippen LogP contribution in [0.3, 0.4) is 0 Å². The number of hydrogen-bond acceptors (Lipinski definition) is 2. The second kappa shape index (κ2) is 14.1. The Kier molecular flexibility index (Phi) is 8.08. The molecule has 0 spiro atoms. The van der Waals surface area contributed by atoms with Gasteiger partial charge in [-0.3, -0.25) is 0 Å². The maximum absolute atomic E-state index is 7.00. The van der Waals surface area contributed by atoms with E-state index in [4.69, 9.17) is 4.42 Å². The van der Waals surface area contributed by atoms with Gasteiger partial charge in [-0.25, -0.2) is 0 Å². The quantitative estimate of drug-likeness (QED) is 0.167. The third-order valence-electron chi connectivity index (χ3n) is 14.3. The van der Waals surface area contributed by atoms with Crippen LogP contribution in [0.25, 0.3) is 76.9 Å². The van der Waals surface area contributed by atoms with Crippen molar-refractivity contribution >= 4 is 77.2 Å². The maximum Gasteiger partial charge on any atom is 0.143 e. The van der Waals surface area contributed by atoms with Crippen LogP contribution < -0.4 is 4.90 Å². The third-order valence-corrected chi connectivity index (χ3v) is 14.3. The molecule has 0 saturated carbocycles. The Morgan fingerprint density at radius 3 is 1.89 bits per heavy atom. The molecule has 64 heavy (non-hydrogen) atoms. The molecule has 304 valence electrons. The van der Waals surface area contributed by atoms with Crippen LogP contribution in [-0.2, 0) is 5.41 Å². The average Bonchev–Trinajstić information content (AvgIpc) is 3.98. The lowest BCUT2D eigenvalue weighted by Gasteiger charge is -2.36. The molecule has 2 aliphatic rings. The fourth-order valence-corrected chi connectivity index (χ4v) is 11.5. The second-order valence-corrected chi connectivity index (χ2v) is 18.0. The molecule has 2 heterocycles. The number of benzene rings is 9. The van der Waals surface area contributed by atoms with Crippen LogP contribution in [0.4, 0.5) is 17.1 Å². The highest BCUT2D eigenvalue weighted by Crippen LogP contribution is 2.57. The van der Waals surface area contributed by atoms with Crippen LogP contribution in [0.1, 0.15) is 36.5 Å². The summed E-state index contributed by atoms with van der Waals surface area (Å²) in [4.78, 5) is 2.46. The monoisotopic (exact) mass is 820 g/mol. The molecule has 0 bridgehead atoms. The highest BCUT2D eigenvalue weighted by Gasteiger charge is 2.47. The first-order valence-electron chi connectivity index (χ1n) is 22.4. The van der Waals surface area contributed by atoms with Crippen LogP contribution in [0.5, 0.6) is 0 Å². The molecular formula is C61H44N2O. The Morgan fingerprint density at radius 1 is 0.484 bits per heavy atom. The second-order valence-electron chi connectivity index (χ2n) is 18.0. The van der Waals surface area contributed by atoms with Gasteiger partial charge in [-0.2, -0.15) is 0 Å². The molecule has 9 aromatic carbocycles. The van der Waals surface area contributed by atoms with Crippen LogP contribution >= 0.6 is 0 Å².